The number of aromatic nitrogens is 1. The van der Waals surface area contributed by atoms with Gasteiger partial charge in [-0.25, -0.2) is 4.79 Å². The van der Waals surface area contributed by atoms with Crippen LogP contribution in [0.15, 0.2) is 47.4 Å². The van der Waals surface area contributed by atoms with Gasteiger partial charge >= 0.3 is 5.97 Å². The Bertz CT molecular complexity index is 1010. The second-order valence-electron chi connectivity index (χ2n) is 6.15. The van der Waals surface area contributed by atoms with Crippen molar-refractivity contribution in [3.8, 4) is 5.75 Å². The number of methoxy groups -OCH3 is 1. The average Bonchev–Trinajstić information content (AvgIpc) is 3.02. The van der Waals surface area contributed by atoms with Crippen molar-refractivity contribution < 1.29 is 19.1 Å². The summed E-state index contributed by atoms with van der Waals surface area (Å²) in [5.41, 5.74) is 2.48. The predicted octanol–water partition coefficient (Wildman–Crippen LogP) is 4.64. The number of para-hydroxylation sites is 1. The number of Topliss-reactive ketones (excluding diaryl/α,β-unsaturated/α-hetero) is 1. The highest BCUT2D eigenvalue weighted by molar-refractivity contribution is 7.98. The number of esters is 1. The number of H-pyrrole nitrogens is 1. The molecular formula is C21H21NO4S. The lowest BCUT2D eigenvalue weighted by molar-refractivity contribution is 0.0316. The molecule has 1 N–H and O–H groups in total. The molecule has 0 aliphatic carbocycles. The Morgan fingerprint density at radius 2 is 1.89 bits per heavy atom. The van der Waals surface area contributed by atoms with E-state index in [1.807, 2.05) is 43.5 Å². The summed E-state index contributed by atoms with van der Waals surface area (Å²) in [5, 5.41) is 0.824. The molecule has 0 bridgehead atoms. The fraction of sp³-hybridized carbons (Fsp3) is 0.238. The molecule has 3 aromatic rings. The maximum atomic E-state index is 12.9. The van der Waals surface area contributed by atoms with E-state index in [-0.39, 0.29) is 5.78 Å². The first-order chi connectivity index (χ1) is 13.0. The molecule has 27 heavy (non-hydrogen) atoms. The SMILES string of the molecule is COc1cc(SC)ccc1C(=O)O[C@@H](C)C(=O)c1c(C)[nH]c2ccccc12. The molecule has 1 aromatic heterocycles. The third-order valence-electron chi connectivity index (χ3n) is 4.42. The lowest BCUT2D eigenvalue weighted by Crippen LogP contribution is -2.25. The Hall–Kier alpha value is -2.73. The van der Waals surface area contributed by atoms with Crippen LogP contribution in [-0.4, -0.2) is 36.2 Å². The normalized spacial score (nSPS) is 12.0. The van der Waals surface area contributed by atoms with Crippen LogP contribution in [0.5, 0.6) is 5.75 Å². The lowest BCUT2D eigenvalue weighted by atomic mass is 10.0. The van der Waals surface area contributed by atoms with Gasteiger partial charge in [0.15, 0.2) is 6.10 Å². The van der Waals surface area contributed by atoms with E-state index in [4.69, 9.17) is 9.47 Å². The van der Waals surface area contributed by atoms with Crippen molar-refractivity contribution in [3.05, 3.63) is 59.3 Å². The summed E-state index contributed by atoms with van der Waals surface area (Å²) in [4.78, 5) is 29.7. The number of ketones is 1. The van der Waals surface area contributed by atoms with E-state index in [0.29, 0.717) is 16.9 Å². The Morgan fingerprint density at radius 3 is 2.59 bits per heavy atom. The third kappa shape index (κ3) is 3.71. The monoisotopic (exact) mass is 383 g/mol. The Balaban J connectivity index is 1.84. The molecule has 0 amide bonds. The minimum atomic E-state index is -0.916. The fourth-order valence-electron chi connectivity index (χ4n) is 3.04. The van der Waals surface area contributed by atoms with E-state index in [9.17, 15) is 9.59 Å². The number of aryl methyl sites for hydroxylation is 1. The Morgan fingerprint density at radius 1 is 1.15 bits per heavy atom. The van der Waals surface area contributed by atoms with Crippen LogP contribution in [0, 0.1) is 6.92 Å². The minimum absolute atomic E-state index is 0.238. The minimum Gasteiger partial charge on any atom is -0.496 e. The highest BCUT2D eigenvalue weighted by Gasteiger charge is 2.26. The zero-order chi connectivity index (χ0) is 19.6. The molecule has 1 heterocycles. The third-order valence-corrected chi connectivity index (χ3v) is 5.15. The summed E-state index contributed by atoms with van der Waals surface area (Å²) < 4.78 is 10.7. The van der Waals surface area contributed by atoms with Crippen molar-refractivity contribution in [3.63, 3.8) is 0 Å². The molecule has 0 spiro atoms. The van der Waals surface area contributed by atoms with Gasteiger partial charge in [0, 0.05) is 27.1 Å². The largest absolute Gasteiger partial charge is 0.496 e. The first-order valence-electron chi connectivity index (χ1n) is 8.50. The first kappa shape index (κ1) is 19.0. The molecule has 1 atom stereocenters. The van der Waals surface area contributed by atoms with Crippen LogP contribution in [-0.2, 0) is 4.74 Å². The molecule has 0 saturated heterocycles. The van der Waals surface area contributed by atoms with Crippen molar-refractivity contribution >= 4 is 34.4 Å². The van der Waals surface area contributed by atoms with Gasteiger partial charge in [0.25, 0.3) is 0 Å². The van der Waals surface area contributed by atoms with E-state index in [1.54, 1.807) is 30.8 Å². The summed E-state index contributed by atoms with van der Waals surface area (Å²) in [6, 6.07) is 12.8. The molecule has 0 unspecified atom stereocenters. The summed E-state index contributed by atoms with van der Waals surface area (Å²) in [6.07, 6.45) is 1.03. The molecule has 3 rings (SSSR count). The van der Waals surface area contributed by atoms with Gasteiger partial charge in [-0.3, -0.25) is 4.79 Å². The van der Waals surface area contributed by atoms with E-state index < -0.39 is 12.1 Å². The second-order valence-corrected chi connectivity index (χ2v) is 7.03. The molecule has 0 aliphatic rings. The van der Waals surface area contributed by atoms with Crippen LogP contribution < -0.4 is 4.74 Å². The molecule has 6 heteroatoms. The average molecular weight is 383 g/mol. The fourth-order valence-corrected chi connectivity index (χ4v) is 3.47. The first-order valence-corrected chi connectivity index (χ1v) is 9.73. The number of hydrogen-bond donors (Lipinski definition) is 1. The summed E-state index contributed by atoms with van der Waals surface area (Å²) in [6.45, 7) is 3.43. The summed E-state index contributed by atoms with van der Waals surface area (Å²) >= 11 is 1.55. The molecular weight excluding hydrogens is 362 g/mol. The standard InChI is InChI=1S/C21H21NO4S/c1-12-19(15-7-5-6-8-17(15)22-12)20(23)13(2)26-21(24)16-10-9-14(27-4)11-18(16)25-3/h5-11,13,22H,1-4H3/t13-/m0/s1. The highest BCUT2D eigenvalue weighted by Crippen LogP contribution is 2.27. The molecule has 0 fully saturated rings. The number of nitrogens with one attached hydrogen (secondary N) is 1. The van der Waals surface area contributed by atoms with Crippen molar-refractivity contribution in [2.75, 3.05) is 13.4 Å². The number of fused-ring (bicyclic) bond motifs is 1. The number of thioether (sulfide) groups is 1. The highest BCUT2D eigenvalue weighted by atomic mass is 32.2. The number of aromatic amines is 1. The number of rotatable bonds is 6. The quantitative estimate of drug-likeness (QED) is 0.382. The van der Waals surface area contributed by atoms with Crippen LogP contribution in [0.25, 0.3) is 10.9 Å². The number of ether oxygens (including phenoxy) is 2. The van der Waals surface area contributed by atoms with Crippen molar-refractivity contribution in [2.45, 2.75) is 24.8 Å². The molecule has 0 radical (unpaired) electrons. The van der Waals surface area contributed by atoms with E-state index in [1.165, 1.54) is 7.11 Å². The molecule has 0 saturated carbocycles. The molecule has 2 aromatic carbocycles. The smallest absolute Gasteiger partial charge is 0.342 e. The van der Waals surface area contributed by atoms with E-state index >= 15 is 0 Å². The van der Waals surface area contributed by atoms with Gasteiger partial charge in [-0.05, 0) is 44.4 Å². The summed E-state index contributed by atoms with van der Waals surface area (Å²) in [5.74, 6) is -0.398. The molecule has 5 nitrogen and oxygen atoms in total. The molecule has 140 valence electrons. The lowest BCUT2D eigenvalue weighted by Gasteiger charge is -2.14. The van der Waals surface area contributed by atoms with Gasteiger partial charge in [-0.1, -0.05) is 18.2 Å². The van der Waals surface area contributed by atoms with Gasteiger partial charge in [-0.2, -0.15) is 0 Å². The van der Waals surface area contributed by atoms with Crippen LogP contribution in [0.1, 0.15) is 33.3 Å². The zero-order valence-electron chi connectivity index (χ0n) is 15.7. The van der Waals surface area contributed by atoms with Gasteiger partial charge in [-0.15, -0.1) is 11.8 Å². The molecule has 0 aliphatic heterocycles. The van der Waals surface area contributed by atoms with Crippen LogP contribution >= 0.6 is 11.8 Å². The van der Waals surface area contributed by atoms with Gasteiger partial charge in [0.2, 0.25) is 5.78 Å². The second kappa shape index (κ2) is 7.88. The van der Waals surface area contributed by atoms with E-state index in [2.05, 4.69) is 4.98 Å². The van der Waals surface area contributed by atoms with Crippen molar-refractivity contribution in [2.24, 2.45) is 0 Å². The maximum Gasteiger partial charge on any atom is 0.342 e. The van der Waals surface area contributed by atoms with Crippen LogP contribution in [0.2, 0.25) is 0 Å². The summed E-state index contributed by atoms with van der Waals surface area (Å²) in [7, 11) is 1.50. The number of carbonyl (C=O) groups is 2. The van der Waals surface area contributed by atoms with Gasteiger partial charge < -0.3 is 14.5 Å². The Kier molecular flexibility index (Phi) is 5.56. The number of carbonyl (C=O) groups excluding carboxylic acids is 2. The predicted molar refractivity (Wildman–Crippen MR) is 107 cm³/mol. The maximum absolute atomic E-state index is 12.9. The van der Waals surface area contributed by atoms with Crippen molar-refractivity contribution in [1.29, 1.82) is 0 Å². The topological polar surface area (TPSA) is 68.4 Å². The zero-order valence-corrected chi connectivity index (χ0v) is 16.5. The number of benzene rings is 2. The Labute approximate surface area is 162 Å². The van der Waals surface area contributed by atoms with Gasteiger partial charge in [0.05, 0.1) is 7.11 Å². The van der Waals surface area contributed by atoms with E-state index in [0.717, 1.165) is 21.5 Å². The van der Waals surface area contributed by atoms with Crippen molar-refractivity contribution in [1.82, 2.24) is 4.98 Å². The number of hydrogen-bond acceptors (Lipinski definition) is 5. The van der Waals surface area contributed by atoms with Crippen LogP contribution in [0.4, 0.5) is 0 Å². The van der Waals surface area contributed by atoms with Gasteiger partial charge in [0.1, 0.15) is 11.3 Å². The van der Waals surface area contributed by atoms with Crippen LogP contribution in [0.3, 0.4) is 0 Å².